The van der Waals surface area contributed by atoms with Crippen LogP contribution in [-0.4, -0.2) is 18.3 Å². The van der Waals surface area contributed by atoms with Gasteiger partial charge in [-0.1, -0.05) is 50.2 Å². The van der Waals surface area contributed by atoms with Crippen LogP contribution in [0.1, 0.15) is 52.7 Å². The molecule has 32 heavy (non-hydrogen) atoms. The van der Waals surface area contributed by atoms with Gasteiger partial charge >= 0.3 is 7.12 Å². The summed E-state index contributed by atoms with van der Waals surface area (Å²) in [5.41, 5.74) is 3.88. The number of rotatable bonds is 1. The molecule has 0 radical (unpaired) electrons. The second-order valence-electron chi connectivity index (χ2n) is 10.5. The highest BCUT2D eigenvalue weighted by atomic mass is 16.7. The van der Waals surface area contributed by atoms with E-state index in [0.717, 1.165) is 50.0 Å². The Morgan fingerprint density at radius 2 is 1.41 bits per heavy atom. The Bertz CT molecular complexity index is 1380. The fraction of sp³-hybridized carbons (Fsp3) is 0.333. The van der Waals surface area contributed by atoms with Crippen LogP contribution in [0.15, 0.2) is 59.0 Å². The molecule has 3 aromatic carbocycles. The topological polar surface area (TPSA) is 40.8 Å². The Morgan fingerprint density at radius 1 is 0.719 bits per heavy atom. The first-order valence-corrected chi connectivity index (χ1v) is 11.2. The maximum absolute atomic E-state index is 6.56. The van der Waals surface area contributed by atoms with Crippen molar-refractivity contribution in [2.45, 2.75) is 58.2 Å². The molecule has 4 aromatic rings. The van der Waals surface area contributed by atoms with E-state index in [0.29, 0.717) is 0 Å². The van der Waals surface area contributed by atoms with Crippen molar-refractivity contribution in [3.63, 3.8) is 0 Å². The zero-order valence-electron chi connectivity index (χ0n) is 19.4. The van der Waals surface area contributed by atoms with E-state index < -0.39 is 7.12 Å². The van der Waals surface area contributed by atoms with E-state index in [-0.39, 0.29) is 16.6 Å². The van der Waals surface area contributed by atoms with Crippen LogP contribution in [0.3, 0.4) is 0 Å². The molecule has 4 nitrogen and oxygen atoms in total. The van der Waals surface area contributed by atoms with Gasteiger partial charge in [0.25, 0.3) is 0 Å². The summed E-state index contributed by atoms with van der Waals surface area (Å²) in [6.45, 7) is 12.7. The molecule has 0 aliphatic carbocycles. The van der Waals surface area contributed by atoms with Gasteiger partial charge in [-0.25, -0.2) is 0 Å². The number of benzene rings is 3. The predicted molar refractivity (Wildman–Crippen MR) is 128 cm³/mol. The van der Waals surface area contributed by atoms with Crippen LogP contribution in [0.5, 0.6) is 11.5 Å². The van der Waals surface area contributed by atoms with Gasteiger partial charge in [-0.3, -0.25) is 0 Å². The minimum absolute atomic E-state index is 0.232. The molecule has 0 bridgehead atoms. The van der Waals surface area contributed by atoms with Crippen molar-refractivity contribution in [1.82, 2.24) is 0 Å². The number of para-hydroxylation sites is 1. The maximum atomic E-state index is 6.56. The van der Waals surface area contributed by atoms with Crippen LogP contribution in [0.4, 0.5) is 0 Å². The minimum atomic E-state index is -0.430. The molecule has 0 N–H and O–H groups in total. The molecule has 0 amide bonds. The molecule has 2 aliphatic rings. The highest BCUT2D eigenvalue weighted by Crippen LogP contribution is 2.51. The van der Waals surface area contributed by atoms with Crippen LogP contribution >= 0.6 is 0 Å². The lowest BCUT2D eigenvalue weighted by Crippen LogP contribution is -2.41. The van der Waals surface area contributed by atoms with Crippen LogP contribution in [0.25, 0.3) is 21.9 Å². The SMILES string of the molecule is CC1(C)c2ccc(B3OC(C)(C)C(C)(C)O3)cc2Oc2c1ccc1c2oc2ccccc21. The molecule has 162 valence electrons. The first-order valence-electron chi connectivity index (χ1n) is 11.2. The monoisotopic (exact) mass is 426 g/mol. The maximum Gasteiger partial charge on any atom is 0.494 e. The summed E-state index contributed by atoms with van der Waals surface area (Å²) in [5.74, 6) is 1.62. The zero-order valence-corrected chi connectivity index (χ0v) is 19.4. The van der Waals surface area contributed by atoms with Gasteiger partial charge in [0, 0.05) is 27.3 Å². The highest BCUT2D eigenvalue weighted by molar-refractivity contribution is 6.62. The Hall–Kier alpha value is -2.76. The summed E-state index contributed by atoms with van der Waals surface area (Å²) < 4.78 is 25.4. The van der Waals surface area contributed by atoms with E-state index in [1.807, 2.05) is 18.2 Å². The van der Waals surface area contributed by atoms with Gasteiger partial charge in [-0.2, -0.15) is 0 Å². The van der Waals surface area contributed by atoms with Crippen molar-refractivity contribution in [1.29, 1.82) is 0 Å². The van der Waals surface area contributed by atoms with Crippen LogP contribution in [0.2, 0.25) is 0 Å². The highest BCUT2D eigenvalue weighted by Gasteiger charge is 2.52. The predicted octanol–water partition coefficient (Wildman–Crippen LogP) is 6.32. The standard InChI is InChI=1S/C27H27BO4/c1-25(2)19-13-11-16(28-31-26(3,4)27(5,6)32-28)15-22(19)30-24-20(25)14-12-18-17-9-7-8-10-21(17)29-23(18)24/h7-15H,1-6H3. The zero-order chi connectivity index (χ0) is 22.5. The largest absolute Gasteiger partial charge is 0.494 e. The number of hydrogen-bond acceptors (Lipinski definition) is 4. The van der Waals surface area contributed by atoms with E-state index in [9.17, 15) is 0 Å². The average molecular weight is 426 g/mol. The van der Waals surface area contributed by atoms with Gasteiger partial charge < -0.3 is 18.5 Å². The van der Waals surface area contributed by atoms with Gasteiger partial charge in [0.2, 0.25) is 0 Å². The second-order valence-corrected chi connectivity index (χ2v) is 10.5. The molecule has 1 aromatic heterocycles. The summed E-state index contributed by atoms with van der Waals surface area (Å²) in [7, 11) is -0.430. The van der Waals surface area contributed by atoms with Crippen molar-refractivity contribution in [2.75, 3.05) is 0 Å². The third-order valence-electron chi connectivity index (χ3n) is 7.59. The fourth-order valence-corrected chi connectivity index (χ4v) is 4.88. The van der Waals surface area contributed by atoms with Gasteiger partial charge in [0.15, 0.2) is 11.3 Å². The molecule has 1 saturated heterocycles. The van der Waals surface area contributed by atoms with Crippen LogP contribution in [-0.2, 0) is 14.7 Å². The van der Waals surface area contributed by atoms with Crippen molar-refractivity contribution in [3.05, 3.63) is 65.7 Å². The average Bonchev–Trinajstić information content (AvgIpc) is 3.21. The van der Waals surface area contributed by atoms with E-state index in [1.54, 1.807) is 0 Å². The second kappa shape index (κ2) is 6.18. The summed E-state index contributed by atoms with van der Waals surface area (Å²) in [4.78, 5) is 0. The molecule has 0 unspecified atom stereocenters. The van der Waals surface area contributed by atoms with Crippen molar-refractivity contribution < 1.29 is 18.5 Å². The number of fused-ring (bicyclic) bond motifs is 6. The Labute approximate surface area is 188 Å². The molecule has 0 atom stereocenters. The van der Waals surface area contributed by atoms with Crippen molar-refractivity contribution >= 4 is 34.5 Å². The molecular formula is C27H27BO4. The van der Waals surface area contributed by atoms with Gasteiger partial charge in [-0.15, -0.1) is 0 Å². The van der Waals surface area contributed by atoms with Crippen molar-refractivity contribution in [3.8, 4) is 11.5 Å². The van der Waals surface area contributed by atoms with E-state index in [2.05, 4.69) is 77.9 Å². The quantitative estimate of drug-likeness (QED) is 0.334. The molecule has 2 aliphatic heterocycles. The minimum Gasteiger partial charge on any atom is -0.453 e. The number of hydrogen-bond donors (Lipinski definition) is 0. The Kier molecular flexibility index (Phi) is 3.84. The van der Waals surface area contributed by atoms with E-state index >= 15 is 0 Å². The molecule has 6 rings (SSSR count). The summed E-state index contributed by atoms with van der Waals surface area (Å²) >= 11 is 0. The molecule has 1 fully saturated rings. The fourth-order valence-electron chi connectivity index (χ4n) is 4.88. The van der Waals surface area contributed by atoms with E-state index in [4.69, 9.17) is 18.5 Å². The molecule has 5 heteroatoms. The van der Waals surface area contributed by atoms with Gasteiger partial charge in [0.05, 0.1) is 11.2 Å². The smallest absolute Gasteiger partial charge is 0.453 e. The van der Waals surface area contributed by atoms with Crippen LogP contribution < -0.4 is 10.2 Å². The lowest BCUT2D eigenvalue weighted by molar-refractivity contribution is 0.00578. The lowest BCUT2D eigenvalue weighted by atomic mass is 9.72. The van der Waals surface area contributed by atoms with E-state index in [1.165, 1.54) is 0 Å². The van der Waals surface area contributed by atoms with Gasteiger partial charge in [0.1, 0.15) is 11.3 Å². The molecule has 0 saturated carbocycles. The molecular weight excluding hydrogens is 399 g/mol. The Balaban J connectivity index is 1.49. The summed E-state index contributed by atoms with van der Waals surface area (Å²) in [6, 6.07) is 18.7. The molecule has 0 spiro atoms. The van der Waals surface area contributed by atoms with Gasteiger partial charge in [-0.05, 0) is 51.4 Å². The third-order valence-corrected chi connectivity index (χ3v) is 7.59. The first-order chi connectivity index (χ1) is 15.1. The van der Waals surface area contributed by atoms with Crippen LogP contribution in [0, 0.1) is 0 Å². The Morgan fingerprint density at radius 3 is 2.16 bits per heavy atom. The number of furan rings is 1. The first kappa shape index (κ1) is 19.9. The van der Waals surface area contributed by atoms with Crippen molar-refractivity contribution in [2.24, 2.45) is 0 Å². The normalized spacial score (nSPS) is 20.2. The summed E-state index contributed by atoms with van der Waals surface area (Å²) in [5, 5.41) is 2.17. The third kappa shape index (κ3) is 2.58. The lowest BCUT2D eigenvalue weighted by Gasteiger charge is -2.34. The molecule has 3 heterocycles. The summed E-state index contributed by atoms with van der Waals surface area (Å²) in [6.07, 6.45) is 0. The number of ether oxygens (including phenoxy) is 1.